The predicted octanol–water partition coefficient (Wildman–Crippen LogP) is 1.34. The minimum absolute atomic E-state index is 0.0149. The molecule has 1 aromatic rings. The highest BCUT2D eigenvalue weighted by Crippen LogP contribution is 2.13. The van der Waals surface area contributed by atoms with Crippen molar-refractivity contribution < 1.29 is 8.62 Å². The first-order valence-corrected chi connectivity index (χ1v) is 5.03. The van der Waals surface area contributed by atoms with Gasteiger partial charge in [0.05, 0.1) is 28.4 Å². The summed E-state index contributed by atoms with van der Waals surface area (Å²) in [5, 5.41) is 4.80. The molecule has 0 bridgehead atoms. The fraction of sp³-hybridized carbons (Fsp3) is 0.125. The fourth-order valence-electron chi connectivity index (χ4n) is 0.973. The summed E-state index contributed by atoms with van der Waals surface area (Å²) in [7, 11) is 1.50. The van der Waals surface area contributed by atoms with E-state index in [0.717, 1.165) is 4.09 Å². The van der Waals surface area contributed by atoms with Gasteiger partial charge in [0.1, 0.15) is 5.76 Å². The predicted molar refractivity (Wildman–Crippen MR) is 59.6 cm³/mol. The SMILES string of the molecule is C=C(Br)/C(OC)=c1/cnn(SF)c1=C. The van der Waals surface area contributed by atoms with Gasteiger partial charge in [-0.15, -0.1) is 3.89 Å². The van der Waals surface area contributed by atoms with Gasteiger partial charge in [-0.2, -0.15) is 9.19 Å². The number of halogens is 2. The lowest BCUT2D eigenvalue weighted by molar-refractivity contribution is 0.369. The molecule has 0 spiro atoms. The van der Waals surface area contributed by atoms with Gasteiger partial charge in [-0.25, -0.2) is 0 Å². The van der Waals surface area contributed by atoms with Crippen LogP contribution in [0.4, 0.5) is 3.89 Å². The van der Waals surface area contributed by atoms with Crippen molar-refractivity contribution in [2.75, 3.05) is 7.11 Å². The van der Waals surface area contributed by atoms with Crippen LogP contribution in [0, 0.1) is 0 Å². The van der Waals surface area contributed by atoms with E-state index in [1.807, 2.05) is 0 Å². The van der Waals surface area contributed by atoms with Gasteiger partial charge in [0.25, 0.3) is 0 Å². The van der Waals surface area contributed by atoms with Crippen LogP contribution in [-0.4, -0.2) is 16.3 Å². The minimum atomic E-state index is -0.0149. The van der Waals surface area contributed by atoms with E-state index < -0.39 is 0 Å². The first-order valence-electron chi connectivity index (χ1n) is 3.57. The van der Waals surface area contributed by atoms with Crippen molar-refractivity contribution in [1.82, 2.24) is 9.19 Å². The summed E-state index contributed by atoms with van der Waals surface area (Å²) < 4.78 is 19.0. The summed E-state index contributed by atoms with van der Waals surface area (Å²) in [4.78, 5) is 0. The highest BCUT2D eigenvalue weighted by atomic mass is 79.9. The standard InChI is InChI=1S/C8H8BrFN2OS/c1-5(9)8(13-3)7-4-11-12(14-10)6(7)2/h4H,1-2H2,3H3/b8-7+. The van der Waals surface area contributed by atoms with Crippen LogP contribution in [-0.2, 0) is 4.74 Å². The molecule has 1 heterocycles. The van der Waals surface area contributed by atoms with Crippen molar-refractivity contribution in [3.05, 3.63) is 27.8 Å². The molecule has 0 saturated heterocycles. The molecule has 1 rings (SSSR count). The van der Waals surface area contributed by atoms with Crippen LogP contribution < -0.4 is 10.6 Å². The van der Waals surface area contributed by atoms with E-state index in [0.29, 0.717) is 20.8 Å². The van der Waals surface area contributed by atoms with Crippen molar-refractivity contribution in [2.24, 2.45) is 0 Å². The van der Waals surface area contributed by atoms with Crippen molar-refractivity contribution >= 4 is 40.6 Å². The molecular formula is C8H8BrFN2OS. The molecule has 0 aliphatic carbocycles. The van der Waals surface area contributed by atoms with E-state index in [1.165, 1.54) is 13.3 Å². The van der Waals surface area contributed by atoms with E-state index >= 15 is 0 Å². The van der Waals surface area contributed by atoms with E-state index in [1.54, 1.807) is 0 Å². The summed E-state index contributed by atoms with van der Waals surface area (Å²) in [6.07, 6.45) is 1.47. The first-order chi connectivity index (χ1) is 6.61. The molecule has 0 saturated carbocycles. The van der Waals surface area contributed by atoms with Crippen molar-refractivity contribution in [3.8, 4) is 0 Å². The summed E-state index contributed by atoms with van der Waals surface area (Å²) in [5.41, 5.74) is 0. The lowest BCUT2D eigenvalue weighted by atomic mass is 10.3. The third kappa shape index (κ3) is 2.01. The third-order valence-electron chi connectivity index (χ3n) is 1.59. The van der Waals surface area contributed by atoms with Crippen LogP contribution in [0.2, 0.25) is 0 Å². The van der Waals surface area contributed by atoms with E-state index in [9.17, 15) is 3.89 Å². The van der Waals surface area contributed by atoms with Crippen molar-refractivity contribution in [2.45, 2.75) is 0 Å². The molecule has 76 valence electrons. The fourth-order valence-corrected chi connectivity index (χ4v) is 1.61. The van der Waals surface area contributed by atoms with Gasteiger partial charge in [-0.05, 0) is 15.9 Å². The molecule has 0 N–H and O–H groups in total. The van der Waals surface area contributed by atoms with Crippen LogP contribution in [0.15, 0.2) is 17.3 Å². The molecule has 0 aliphatic rings. The normalized spacial score (nSPS) is 12.5. The van der Waals surface area contributed by atoms with Crippen molar-refractivity contribution in [3.63, 3.8) is 0 Å². The third-order valence-corrected chi connectivity index (χ3v) is 2.40. The molecule has 0 unspecified atom stereocenters. The molecule has 0 amide bonds. The quantitative estimate of drug-likeness (QED) is 0.835. The highest BCUT2D eigenvalue weighted by Gasteiger charge is 2.05. The second-order valence-corrected chi connectivity index (χ2v) is 3.83. The van der Waals surface area contributed by atoms with Gasteiger partial charge < -0.3 is 4.74 Å². The molecular weight excluding hydrogens is 271 g/mol. The number of nitrogens with zero attached hydrogens (tertiary/aromatic N) is 2. The Morgan fingerprint density at radius 3 is 2.79 bits per heavy atom. The zero-order valence-electron chi connectivity index (χ0n) is 7.46. The molecule has 6 heteroatoms. The van der Waals surface area contributed by atoms with Gasteiger partial charge in [0.15, 0.2) is 12.3 Å². The molecule has 0 radical (unpaired) electrons. The van der Waals surface area contributed by atoms with Gasteiger partial charge >= 0.3 is 0 Å². The number of hydrogen-bond donors (Lipinski definition) is 0. The van der Waals surface area contributed by atoms with Gasteiger partial charge in [0.2, 0.25) is 0 Å². The Labute approximate surface area is 93.5 Å². The van der Waals surface area contributed by atoms with Crippen LogP contribution >= 0.6 is 28.3 Å². The number of aromatic nitrogens is 2. The van der Waals surface area contributed by atoms with Gasteiger partial charge in [-0.3, -0.25) is 0 Å². The maximum atomic E-state index is 12.3. The monoisotopic (exact) mass is 278 g/mol. The molecule has 0 fully saturated rings. The maximum Gasteiger partial charge on any atom is 0.187 e. The van der Waals surface area contributed by atoms with Crippen LogP contribution in [0.5, 0.6) is 0 Å². The molecule has 0 aliphatic heterocycles. The average molecular weight is 279 g/mol. The van der Waals surface area contributed by atoms with Crippen LogP contribution in [0.25, 0.3) is 12.3 Å². The minimum Gasteiger partial charge on any atom is -0.495 e. The Morgan fingerprint density at radius 1 is 1.79 bits per heavy atom. The average Bonchev–Trinajstić information content (AvgIpc) is 2.49. The maximum absolute atomic E-state index is 12.3. The zero-order chi connectivity index (χ0) is 10.7. The Bertz CT molecular complexity index is 456. The lowest BCUT2D eigenvalue weighted by Crippen LogP contribution is -2.27. The number of methoxy groups -OCH3 is 1. The Hall–Kier alpha value is -0.750. The highest BCUT2D eigenvalue weighted by molar-refractivity contribution is 9.12. The van der Waals surface area contributed by atoms with E-state index in [4.69, 9.17) is 4.74 Å². The lowest BCUT2D eigenvalue weighted by Gasteiger charge is -2.01. The molecule has 14 heavy (non-hydrogen) atoms. The summed E-state index contributed by atoms with van der Waals surface area (Å²) in [5.74, 6) is 0.496. The molecule has 3 nitrogen and oxygen atoms in total. The van der Waals surface area contributed by atoms with Crippen LogP contribution in [0.3, 0.4) is 0 Å². The summed E-state index contributed by atoms with van der Waals surface area (Å²) in [6.45, 7) is 7.35. The molecule has 0 atom stereocenters. The summed E-state index contributed by atoms with van der Waals surface area (Å²) in [6, 6.07) is 0. The number of ether oxygens (including phenoxy) is 1. The van der Waals surface area contributed by atoms with Crippen LogP contribution in [0.1, 0.15) is 0 Å². The van der Waals surface area contributed by atoms with E-state index in [-0.39, 0.29) is 12.3 Å². The summed E-state index contributed by atoms with van der Waals surface area (Å²) >= 11 is 3.17. The second kappa shape index (κ2) is 4.65. The number of rotatable bonds is 3. The Kier molecular flexibility index (Phi) is 3.77. The molecule has 0 aromatic carbocycles. The van der Waals surface area contributed by atoms with E-state index in [2.05, 4.69) is 34.2 Å². The number of hydrogen-bond acceptors (Lipinski definition) is 3. The zero-order valence-corrected chi connectivity index (χ0v) is 9.86. The Morgan fingerprint density at radius 2 is 2.43 bits per heavy atom. The largest absolute Gasteiger partial charge is 0.495 e. The first kappa shape index (κ1) is 11.3. The van der Waals surface area contributed by atoms with Gasteiger partial charge in [0, 0.05) is 0 Å². The van der Waals surface area contributed by atoms with Crippen molar-refractivity contribution in [1.29, 1.82) is 0 Å². The smallest absolute Gasteiger partial charge is 0.187 e. The Balaban J connectivity index is 3.50. The topological polar surface area (TPSA) is 27.1 Å². The van der Waals surface area contributed by atoms with Gasteiger partial charge in [-0.1, -0.05) is 13.2 Å². The molecule has 1 aromatic heterocycles. The second-order valence-electron chi connectivity index (χ2n) is 2.39.